The molecule has 154 valence electrons. The summed E-state index contributed by atoms with van der Waals surface area (Å²) in [5.74, 6) is -0.851. The predicted octanol–water partition coefficient (Wildman–Crippen LogP) is 3.43. The third kappa shape index (κ3) is 6.08. The second-order valence-corrected chi connectivity index (χ2v) is 8.07. The van der Waals surface area contributed by atoms with Crippen LogP contribution in [0.4, 0.5) is 5.69 Å². The normalized spacial score (nSPS) is 19.1. The lowest BCUT2D eigenvalue weighted by Gasteiger charge is -2.22. The quantitative estimate of drug-likeness (QED) is 0.565. The summed E-state index contributed by atoms with van der Waals surface area (Å²) in [5, 5.41) is 11.9. The van der Waals surface area contributed by atoms with Crippen LogP contribution in [-0.4, -0.2) is 37.1 Å². The number of carbonyl (C=O) groups excluding carboxylic acids is 2. The van der Waals surface area contributed by atoms with E-state index in [4.69, 9.17) is 4.74 Å². The SMILES string of the molecule is C[C@](C#N)(NC(=O)COC(=O)/C=C/c1ccc(N2CCCCCC2)cc1)C1CC1. The molecule has 2 fully saturated rings. The third-order valence-electron chi connectivity index (χ3n) is 5.65. The van der Waals surface area contributed by atoms with Gasteiger partial charge in [0.25, 0.3) is 5.91 Å². The molecule has 1 aliphatic carbocycles. The zero-order chi connectivity index (χ0) is 20.7. The van der Waals surface area contributed by atoms with Gasteiger partial charge < -0.3 is 15.0 Å². The summed E-state index contributed by atoms with van der Waals surface area (Å²) < 4.78 is 4.99. The van der Waals surface area contributed by atoms with Crippen LogP contribution in [0, 0.1) is 17.2 Å². The van der Waals surface area contributed by atoms with Crippen molar-refractivity contribution in [1.29, 1.82) is 5.26 Å². The molecule has 1 heterocycles. The molecule has 1 atom stereocenters. The molecule has 0 radical (unpaired) electrons. The molecule has 29 heavy (non-hydrogen) atoms. The molecule has 1 aromatic carbocycles. The number of amides is 1. The van der Waals surface area contributed by atoms with Gasteiger partial charge in [-0.1, -0.05) is 25.0 Å². The molecule has 6 nitrogen and oxygen atoms in total. The minimum atomic E-state index is -0.881. The van der Waals surface area contributed by atoms with E-state index in [0.717, 1.165) is 31.5 Å². The van der Waals surface area contributed by atoms with Gasteiger partial charge in [-0.3, -0.25) is 4.79 Å². The van der Waals surface area contributed by atoms with Crippen LogP contribution in [-0.2, 0) is 14.3 Å². The minimum absolute atomic E-state index is 0.185. The Kier molecular flexibility index (Phi) is 6.92. The fourth-order valence-corrected chi connectivity index (χ4v) is 3.68. The first kappa shape index (κ1) is 20.9. The maximum atomic E-state index is 12.0. The zero-order valence-electron chi connectivity index (χ0n) is 17.0. The number of benzene rings is 1. The second-order valence-electron chi connectivity index (χ2n) is 8.07. The molecule has 0 spiro atoms. The molecule has 2 aliphatic rings. The highest BCUT2D eigenvalue weighted by Gasteiger charge is 2.43. The summed E-state index contributed by atoms with van der Waals surface area (Å²) in [6.07, 6.45) is 9.92. The molecule has 0 bridgehead atoms. The number of nitrogens with zero attached hydrogens (tertiary/aromatic N) is 2. The van der Waals surface area contributed by atoms with Crippen LogP contribution in [0.2, 0.25) is 0 Å². The van der Waals surface area contributed by atoms with Crippen molar-refractivity contribution in [3.63, 3.8) is 0 Å². The first-order valence-electron chi connectivity index (χ1n) is 10.4. The van der Waals surface area contributed by atoms with Crippen LogP contribution < -0.4 is 10.2 Å². The lowest BCUT2D eigenvalue weighted by molar-refractivity contribution is -0.144. The standard InChI is InChI=1S/C23H29N3O3/c1-23(17-24,19-9-10-19)25-21(27)16-29-22(28)13-8-18-6-11-20(12-7-18)26-14-4-2-3-5-15-26/h6-8,11-13,19H,2-5,9-10,14-16H2,1H3,(H,25,27)/b13-8+/t23-/m1/s1. The maximum absolute atomic E-state index is 12.0. The number of anilines is 1. The van der Waals surface area contributed by atoms with Crippen molar-refractivity contribution < 1.29 is 14.3 Å². The molecule has 3 rings (SSSR count). The maximum Gasteiger partial charge on any atom is 0.331 e. The molecule has 0 unspecified atom stereocenters. The number of ether oxygens (including phenoxy) is 1. The van der Waals surface area contributed by atoms with Crippen LogP contribution in [0.1, 0.15) is 51.0 Å². The van der Waals surface area contributed by atoms with E-state index in [1.807, 2.05) is 12.1 Å². The number of nitrogens with one attached hydrogen (secondary N) is 1. The van der Waals surface area contributed by atoms with Crippen molar-refractivity contribution in [3.05, 3.63) is 35.9 Å². The van der Waals surface area contributed by atoms with Crippen molar-refractivity contribution in [2.45, 2.75) is 51.0 Å². The average molecular weight is 396 g/mol. The Hall–Kier alpha value is -2.81. The van der Waals surface area contributed by atoms with Gasteiger partial charge in [0, 0.05) is 24.9 Å². The fraction of sp³-hybridized carbons (Fsp3) is 0.522. The summed E-state index contributed by atoms with van der Waals surface area (Å²) >= 11 is 0. The fourth-order valence-electron chi connectivity index (χ4n) is 3.68. The van der Waals surface area contributed by atoms with E-state index in [2.05, 4.69) is 28.4 Å². The number of nitriles is 1. The van der Waals surface area contributed by atoms with Crippen LogP contribution in [0.3, 0.4) is 0 Å². The van der Waals surface area contributed by atoms with Gasteiger partial charge in [0.1, 0.15) is 5.54 Å². The van der Waals surface area contributed by atoms with Crippen molar-refractivity contribution in [1.82, 2.24) is 5.32 Å². The summed E-state index contributed by atoms with van der Waals surface area (Å²) in [5.41, 5.74) is 1.23. The summed E-state index contributed by atoms with van der Waals surface area (Å²) in [6, 6.07) is 10.2. The molecular weight excluding hydrogens is 366 g/mol. The number of hydrogen-bond acceptors (Lipinski definition) is 5. The van der Waals surface area contributed by atoms with E-state index in [0.29, 0.717) is 0 Å². The Morgan fingerprint density at radius 3 is 2.45 bits per heavy atom. The zero-order valence-corrected chi connectivity index (χ0v) is 17.0. The molecule has 1 amide bonds. The van der Waals surface area contributed by atoms with Gasteiger partial charge in [-0.15, -0.1) is 0 Å². The highest BCUT2D eigenvalue weighted by atomic mass is 16.5. The Morgan fingerprint density at radius 2 is 1.86 bits per heavy atom. The Labute approximate surface area is 172 Å². The highest BCUT2D eigenvalue weighted by molar-refractivity contribution is 5.89. The van der Waals surface area contributed by atoms with Gasteiger partial charge in [0.2, 0.25) is 0 Å². The monoisotopic (exact) mass is 395 g/mol. The molecule has 1 aliphatic heterocycles. The van der Waals surface area contributed by atoms with Crippen LogP contribution in [0.25, 0.3) is 6.08 Å². The third-order valence-corrected chi connectivity index (χ3v) is 5.65. The first-order valence-corrected chi connectivity index (χ1v) is 10.4. The van der Waals surface area contributed by atoms with Gasteiger partial charge in [0.15, 0.2) is 6.61 Å². The van der Waals surface area contributed by atoms with Gasteiger partial charge in [-0.2, -0.15) is 5.26 Å². The summed E-state index contributed by atoms with van der Waals surface area (Å²) in [6.45, 7) is 3.50. The molecular formula is C23H29N3O3. The predicted molar refractivity (Wildman–Crippen MR) is 112 cm³/mol. The summed E-state index contributed by atoms with van der Waals surface area (Å²) in [7, 11) is 0. The Balaban J connectivity index is 1.45. The Bertz CT molecular complexity index is 785. The van der Waals surface area contributed by atoms with Crippen LogP contribution in [0.5, 0.6) is 0 Å². The van der Waals surface area contributed by atoms with E-state index in [1.54, 1.807) is 13.0 Å². The number of carbonyl (C=O) groups is 2. The topological polar surface area (TPSA) is 82.4 Å². The van der Waals surface area contributed by atoms with E-state index < -0.39 is 17.4 Å². The van der Waals surface area contributed by atoms with Crippen molar-refractivity contribution in [2.75, 3.05) is 24.6 Å². The van der Waals surface area contributed by atoms with Crippen molar-refractivity contribution in [2.24, 2.45) is 5.92 Å². The van der Waals surface area contributed by atoms with Crippen molar-refractivity contribution >= 4 is 23.6 Å². The van der Waals surface area contributed by atoms with E-state index in [-0.39, 0.29) is 12.5 Å². The highest BCUT2D eigenvalue weighted by Crippen LogP contribution is 2.39. The van der Waals surface area contributed by atoms with E-state index in [9.17, 15) is 14.9 Å². The van der Waals surface area contributed by atoms with E-state index in [1.165, 1.54) is 37.4 Å². The first-order chi connectivity index (χ1) is 14.0. The minimum Gasteiger partial charge on any atom is -0.452 e. The summed E-state index contributed by atoms with van der Waals surface area (Å²) in [4.78, 5) is 26.3. The van der Waals surface area contributed by atoms with Crippen LogP contribution >= 0.6 is 0 Å². The molecule has 6 heteroatoms. The molecule has 1 aromatic rings. The average Bonchev–Trinajstić information content (AvgIpc) is 3.58. The van der Waals surface area contributed by atoms with Gasteiger partial charge in [-0.25, -0.2) is 4.79 Å². The smallest absolute Gasteiger partial charge is 0.331 e. The molecule has 1 saturated heterocycles. The van der Waals surface area contributed by atoms with Gasteiger partial charge in [-0.05, 0) is 62.3 Å². The molecule has 1 N–H and O–H groups in total. The lowest BCUT2D eigenvalue weighted by Crippen LogP contribution is -2.48. The number of rotatable bonds is 7. The number of esters is 1. The number of hydrogen-bond donors (Lipinski definition) is 1. The van der Waals surface area contributed by atoms with E-state index >= 15 is 0 Å². The van der Waals surface area contributed by atoms with Crippen molar-refractivity contribution in [3.8, 4) is 6.07 Å². The molecule has 1 saturated carbocycles. The van der Waals surface area contributed by atoms with Gasteiger partial charge >= 0.3 is 5.97 Å². The second kappa shape index (κ2) is 9.60. The molecule has 0 aromatic heterocycles. The van der Waals surface area contributed by atoms with Gasteiger partial charge in [0.05, 0.1) is 6.07 Å². The van der Waals surface area contributed by atoms with Crippen LogP contribution in [0.15, 0.2) is 30.3 Å². The Morgan fingerprint density at radius 1 is 1.21 bits per heavy atom. The lowest BCUT2D eigenvalue weighted by atomic mass is 9.98. The largest absolute Gasteiger partial charge is 0.452 e.